The quantitative estimate of drug-likeness (QED) is 0.828. The minimum Gasteiger partial charge on any atom is -0.399 e. The fraction of sp³-hybridized carbons (Fsp3) is 0.0714. The van der Waals surface area contributed by atoms with E-state index in [4.69, 9.17) is 5.73 Å². The van der Waals surface area contributed by atoms with E-state index in [9.17, 15) is 9.18 Å². The van der Waals surface area contributed by atoms with E-state index in [1.54, 1.807) is 24.3 Å². The van der Waals surface area contributed by atoms with Crippen molar-refractivity contribution in [3.63, 3.8) is 0 Å². The van der Waals surface area contributed by atoms with Crippen LogP contribution >= 0.6 is 15.9 Å². The second-order valence-corrected chi connectivity index (χ2v) is 5.01. The molecule has 19 heavy (non-hydrogen) atoms. The fourth-order valence-corrected chi connectivity index (χ4v) is 1.84. The van der Waals surface area contributed by atoms with Crippen LogP contribution in [-0.4, -0.2) is 5.91 Å². The summed E-state index contributed by atoms with van der Waals surface area (Å²) >= 11 is 3.04. The third kappa shape index (κ3) is 3.12. The van der Waals surface area contributed by atoms with Crippen molar-refractivity contribution in [2.75, 3.05) is 11.1 Å². The predicted molar refractivity (Wildman–Crippen MR) is 77.6 cm³/mol. The standard InChI is InChI=1S/C14H12BrFN2O/c1-8-6-10(3-5-13(8)17)18-14(19)9-2-4-11(15)12(16)7-9/h2-7H,17H2,1H3,(H,18,19). The molecule has 2 aromatic carbocycles. The molecule has 2 aromatic rings. The largest absolute Gasteiger partial charge is 0.399 e. The zero-order chi connectivity index (χ0) is 14.0. The number of nitrogen functional groups attached to an aromatic ring is 1. The van der Waals surface area contributed by atoms with Crippen molar-refractivity contribution in [3.8, 4) is 0 Å². The number of anilines is 2. The summed E-state index contributed by atoms with van der Waals surface area (Å²) in [5, 5.41) is 2.70. The third-order valence-corrected chi connectivity index (χ3v) is 3.35. The molecule has 0 bridgehead atoms. The van der Waals surface area contributed by atoms with Crippen molar-refractivity contribution in [2.45, 2.75) is 6.92 Å². The number of aryl methyl sites for hydroxylation is 1. The highest BCUT2D eigenvalue weighted by Crippen LogP contribution is 2.19. The van der Waals surface area contributed by atoms with E-state index in [0.717, 1.165) is 5.56 Å². The van der Waals surface area contributed by atoms with Crippen LogP contribution in [0, 0.1) is 12.7 Å². The number of carbonyl (C=O) groups is 1. The lowest BCUT2D eigenvalue weighted by Gasteiger charge is -2.08. The zero-order valence-corrected chi connectivity index (χ0v) is 11.8. The van der Waals surface area contributed by atoms with Crippen LogP contribution in [0.5, 0.6) is 0 Å². The Morgan fingerprint density at radius 1 is 1.26 bits per heavy atom. The maximum Gasteiger partial charge on any atom is 0.255 e. The highest BCUT2D eigenvalue weighted by Gasteiger charge is 2.09. The van der Waals surface area contributed by atoms with Gasteiger partial charge >= 0.3 is 0 Å². The molecule has 0 aliphatic heterocycles. The molecule has 2 rings (SSSR count). The molecule has 0 unspecified atom stereocenters. The van der Waals surface area contributed by atoms with Crippen LogP contribution in [0.3, 0.4) is 0 Å². The molecular weight excluding hydrogens is 311 g/mol. The van der Waals surface area contributed by atoms with Crippen molar-refractivity contribution < 1.29 is 9.18 Å². The summed E-state index contributed by atoms with van der Waals surface area (Å²) in [5.74, 6) is -0.836. The van der Waals surface area contributed by atoms with Gasteiger partial charge in [-0.2, -0.15) is 0 Å². The fourth-order valence-electron chi connectivity index (χ4n) is 1.59. The average molecular weight is 323 g/mol. The van der Waals surface area contributed by atoms with Gasteiger partial charge in [-0.3, -0.25) is 4.79 Å². The topological polar surface area (TPSA) is 55.1 Å². The van der Waals surface area contributed by atoms with Crippen molar-refractivity contribution in [2.24, 2.45) is 0 Å². The molecule has 0 fully saturated rings. The molecule has 3 nitrogen and oxygen atoms in total. The number of rotatable bonds is 2. The zero-order valence-electron chi connectivity index (χ0n) is 10.2. The van der Waals surface area contributed by atoms with E-state index in [1.165, 1.54) is 12.1 Å². The van der Waals surface area contributed by atoms with Gasteiger partial charge in [0, 0.05) is 16.9 Å². The van der Waals surface area contributed by atoms with Gasteiger partial charge in [-0.05, 0) is 64.8 Å². The Morgan fingerprint density at radius 2 is 2.00 bits per heavy atom. The highest BCUT2D eigenvalue weighted by atomic mass is 79.9. The summed E-state index contributed by atoms with van der Waals surface area (Å²) in [6, 6.07) is 9.42. The van der Waals surface area contributed by atoms with E-state index in [1.807, 2.05) is 6.92 Å². The second kappa shape index (κ2) is 5.40. The summed E-state index contributed by atoms with van der Waals surface area (Å²) in [6.45, 7) is 1.85. The number of carbonyl (C=O) groups excluding carboxylic acids is 1. The van der Waals surface area contributed by atoms with Crippen LogP contribution in [0.15, 0.2) is 40.9 Å². The number of benzene rings is 2. The van der Waals surface area contributed by atoms with Crippen molar-refractivity contribution in [1.29, 1.82) is 0 Å². The number of nitrogens with two attached hydrogens (primary N) is 1. The number of hydrogen-bond acceptors (Lipinski definition) is 2. The van der Waals surface area contributed by atoms with Crippen LogP contribution in [0.4, 0.5) is 15.8 Å². The van der Waals surface area contributed by atoms with E-state index < -0.39 is 5.82 Å². The molecule has 1 amide bonds. The molecule has 0 radical (unpaired) electrons. The molecule has 98 valence electrons. The Bertz CT molecular complexity index is 643. The first-order valence-corrected chi connectivity index (χ1v) is 6.39. The van der Waals surface area contributed by atoms with Crippen molar-refractivity contribution in [1.82, 2.24) is 0 Å². The molecule has 0 spiro atoms. The van der Waals surface area contributed by atoms with E-state index in [2.05, 4.69) is 21.2 Å². The summed E-state index contributed by atoms with van der Waals surface area (Å²) < 4.78 is 13.7. The highest BCUT2D eigenvalue weighted by molar-refractivity contribution is 9.10. The Morgan fingerprint density at radius 3 is 2.63 bits per heavy atom. The minimum atomic E-state index is -0.471. The van der Waals surface area contributed by atoms with Crippen molar-refractivity contribution in [3.05, 3.63) is 57.8 Å². The summed E-state index contributed by atoms with van der Waals surface area (Å²) in [5.41, 5.74) is 8.12. The number of halogens is 2. The maximum absolute atomic E-state index is 13.4. The number of amides is 1. The Balaban J connectivity index is 2.20. The van der Waals surface area contributed by atoms with E-state index in [0.29, 0.717) is 15.8 Å². The first-order valence-electron chi connectivity index (χ1n) is 5.60. The van der Waals surface area contributed by atoms with Gasteiger partial charge in [0.1, 0.15) is 5.82 Å². The van der Waals surface area contributed by atoms with Gasteiger partial charge < -0.3 is 11.1 Å². The van der Waals surface area contributed by atoms with Crippen LogP contribution in [0.25, 0.3) is 0 Å². The Hall–Kier alpha value is -1.88. The van der Waals surface area contributed by atoms with Crippen LogP contribution < -0.4 is 11.1 Å². The smallest absolute Gasteiger partial charge is 0.255 e. The molecule has 0 saturated heterocycles. The number of nitrogens with one attached hydrogen (secondary N) is 1. The lowest BCUT2D eigenvalue weighted by Crippen LogP contribution is -2.12. The van der Waals surface area contributed by atoms with E-state index >= 15 is 0 Å². The van der Waals surface area contributed by atoms with Gasteiger partial charge in [0.2, 0.25) is 0 Å². The lowest BCUT2D eigenvalue weighted by molar-refractivity contribution is 0.102. The van der Waals surface area contributed by atoms with Gasteiger partial charge in [-0.15, -0.1) is 0 Å². The normalized spacial score (nSPS) is 10.3. The summed E-state index contributed by atoms with van der Waals surface area (Å²) in [4.78, 5) is 11.9. The second-order valence-electron chi connectivity index (χ2n) is 4.15. The molecule has 0 aliphatic carbocycles. The maximum atomic E-state index is 13.4. The van der Waals surface area contributed by atoms with Gasteiger partial charge in [-0.1, -0.05) is 0 Å². The molecule has 0 heterocycles. The SMILES string of the molecule is Cc1cc(NC(=O)c2ccc(Br)c(F)c2)ccc1N. The van der Waals surface area contributed by atoms with Gasteiger partial charge in [-0.25, -0.2) is 4.39 Å². The Kier molecular flexibility index (Phi) is 3.85. The monoisotopic (exact) mass is 322 g/mol. The molecule has 3 N–H and O–H groups in total. The van der Waals surface area contributed by atoms with Gasteiger partial charge in [0.25, 0.3) is 5.91 Å². The molecular formula is C14H12BrFN2O. The average Bonchev–Trinajstić information content (AvgIpc) is 2.37. The molecule has 0 atom stereocenters. The molecule has 5 heteroatoms. The molecule has 0 aliphatic rings. The van der Waals surface area contributed by atoms with Crippen LogP contribution in [-0.2, 0) is 0 Å². The Labute approximate surface area is 118 Å². The third-order valence-electron chi connectivity index (χ3n) is 2.71. The minimum absolute atomic E-state index is 0.259. The summed E-state index contributed by atoms with van der Waals surface area (Å²) in [6.07, 6.45) is 0. The molecule has 0 aromatic heterocycles. The number of hydrogen-bond donors (Lipinski definition) is 2. The van der Waals surface area contributed by atoms with Gasteiger partial charge in [0.15, 0.2) is 0 Å². The lowest BCUT2D eigenvalue weighted by atomic mass is 10.1. The first kappa shape index (κ1) is 13.5. The van der Waals surface area contributed by atoms with Crippen LogP contribution in [0.2, 0.25) is 0 Å². The van der Waals surface area contributed by atoms with Gasteiger partial charge in [0.05, 0.1) is 4.47 Å². The molecule has 0 saturated carbocycles. The predicted octanol–water partition coefficient (Wildman–Crippen LogP) is 3.73. The van der Waals surface area contributed by atoms with Crippen molar-refractivity contribution >= 4 is 33.2 Å². The summed E-state index contributed by atoms with van der Waals surface area (Å²) in [7, 11) is 0. The first-order chi connectivity index (χ1) is 8.97. The van der Waals surface area contributed by atoms with Crippen LogP contribution in [0.1, 0.15) is 15.9 Å². The van der Waals surface area contributed by atoms with E-state index in [-0.39, 0.29) is 11.5 Å².